The van der Waals surface area contributed by atoms with Crippen LogP contribution < -0.4 is 5.43 Å². The lowest BCUT2D eigenvalue weighted by atomic mass is 10.2. The third-order valence-corrected chi connectivity index (χ3v) is 5.22. The van der Waals surface area contributed by atoms with Crippen LogP contribution in [0.2, 0.25) is 10.0 Å². The molecule has 1 N–H and O–H groups in total. The Labute approximate surface area is 178 Å². The Bertz CT molecular complexity index is 1210. The molecule has 0 bridgehead atoms. The van der Waals surface area contributed by atoms with Gasteiger partial charge < -0.3 is 8.83 Å². The number of amides is 1. The van der Waals surface area contributed by atoms with Crippen molar-refractivity contribution >= 4 is 62.2 Å². The minimum Gasteiger partial charge on any atom is -0.455 e. The molecule has 1 amide bonds. The number of fused-ring (bicyclic) bond motifs is 1. The molecule has 0 atom stereocenters. The molecule has 2 aromatic heterocycles. The van der Waals surface area contributed by atoms with Gasteiger partial charge in [0.2, 0.25) is 0 Å². The van der Waals surface area contributed by atoms with E-state index in [0.717, 1.165) is 9.86 Å². The number of benzene rings is 2. The molecule has 4 rings (SSSR count). The number of carbonyl (C=O) groups is 1. The quantitative estimate of drug-likeness (QED) is 0.268. The van der Waals surface area contributed by atoms with Gasteiger partial charge in [0.1, 0.15) is 17.1 Å². The van der Waals surface area contributed by atoms with Gasteiger partial charge in [-0.3, -0.25) is 4.79 Å². The van der Waals surface area contributed by atoms with Crippen LogP contribution in [0.1, 0.15) is 16.3 Å². The van der Waals surface area contributed by atoms with Crippen LogP contribution in [0.5, 0.6) is 0 Å². The zero-order chi connectivity index (χ0) is 19.7. The summed E-state index contributed by atoms with van der Waals surface area (Å²) in [6, 6.07) is 15.9. The number of halogens is 3. The zero-order valence-corrected chi connectivity index (χ0v) is 17.2. The lowest BCUT2D eigenvalue weighted by Crippen LogP contribution is -2.16. The molecule has 28 heavy (non-hydrogen) atoms. The average molecular weight is 478 g/mol. The number of nitrogens with one attached hydrogen (secondary N) is 1. The van der Waals surface area contributed by atoms with E-state index in [2.05, 4.69) is 26.5 Å². The number of hydrogen-bond acceptors (Lipinski definition) is 4. The van der Waals surface area contributed by atoms with Gasteiger partial charge in [0, 0.05) is 15.4 Å². The maximum absolute atomic E-state index is 12.2. The van der Waals surface area contributed by atoms with E-state index in [4.69, 9.17) is 32.0 Å². The Kier molecular flexibility index (Phi) is 5.26. The number of furan rings is 2. The molecular weight excluding hydrogens is 467 g/mol. The topological polar surface area (TPSA) is 67.7 Å². The van der Waals surface area contributed by atoms with E-state index in [1.165, 1.54) is 6.21 Å². The standard InChI is InChI=1S/C20H11BrCl2N2O3/c21-12-4-6-16-11(8-12)9-18(28-16)20(26)25-24-10-13-5-7-17(27-13)14-2-1-3-15(22)19(14)23/h1-10H,(H,25,26)/b24-10-. The first-order valence-electron chi connectivity index (χ1n) is 8.08. The molecule has 2 aromatic carbocycles. The van der Waals surface area contributed by atoms with Crippen LogP contribution in [0.4, 0.5) is 0 Å². The summed E-state index contributed by atoms with van der Waals surface area (Å²) in [5, 5.41) is 5.57. The van der Waals surface area contributed by atoms with Crippen LogP contribution in [-0.4, -0.2) is 12.1 Å². The number of carbonyl (C=O) groups excluding carboxylic acids is 1. The van der Waals surface area contributed by atoms with Crippen molar-refractivity contribution in [3.8, 4) is 11.3 Å². The normalized spacial score (nSPS) is 11.4. The summed E-state index contributed by atoms with van der Waals surface area (Å²) in [4.78, 5) is 12.2. The minimum atomic E-state index is -0.465. The van der Waals surface area contributed by atoms with Gasteiger partial charge in [-0.25, -0.2) is 5.43 Å². The third-order valence-electron chi connectivity index (χ3n) is 3.90. The van der Waals surface area contributed by atoms with Gasteiger partial charge in [0.25, 0.3) is 0 Å². The maximum atomic E-state index is 12.2. The molecule has 0 aliphatic heterocycles. The molecule has 0 spiro atoms. The average Bonchev–Trinajstić information content (AvgIpc) is 3.30. The highest BCUT2D eigenvalue weighted by molar-refractivity contribution is 9.10. The molecule has 0 saturated heterocycles. The highest BCUT2D eigenvalue weighted by Crippen LogP contribution is 2.34. The molecule has 0 aliphatic carbocycles. The van der Waals surface area contributed by atoms with Gasteiger partial charge >= 0.3 is 5.91 Å². The molecule has 140 valence electrons. The summed E-state index contributed by atoms with van der Waals surface area (Å²) in [7, 11) is 0. The molecule has 0 radical (unpaired) electrons. The van der Waals surface area contributed by atoms with Crippen molar-refractivity contribution < 1.29 is 13.6 Å². The summed E-state index contributed by atoms with van der Waals surface area (Å²) in [6.07, 6.45) is 1.39. The van der Waals surface area contributed by atoms with Crippen LogP contribution in [-0.2, 0) is 0 Å². The fourth-order valence-corrected chi connectivity index (χ4v) is 3.37. The Morgan fingerprint density at radius 3 is 2.79 bits per heavy atom. The van der Waals surface area contributed by atoms with Crippen molar-refractivity contribution in [3.63, 3.8) is 0 Å². The van der Waals surface area contributed by atoms with Crippen molar-refractivity contribution in [2.75, 3.05) is 0 Å². The first-order chi connectivity index (χ1) is 13.5. The lowest BCUT2D eigenvalue weighted by Gasteiger charge is -2.01. The second kappa shape index (κ2) is 7.83. The van der Waals surface area contributed by atoms with E-state index in [-0.39, 0.29) is 5.76 Å². The van der Waals surface area contributed by atoms with Gasteiger partial charge in [-0.2, -0.15) is 5.10 Å². The first kappa shape index (κ1) is 18.8. The Hall–Kier alpha value is -2.54. The van der Waals surface area contributed by atoms with E-state index in [1.54, 1.807) is 42.5 Å². The van der Waals surface area contributed by atoms with Crippen molar-refractivity contribution in [1.29, 1.82) is 0 Å². The number of rotatable bonds is 4. The number of nitrogens with zero attached hydrogens (tertiary/aromatic N) is 1. The maximum Gasteiger partial charge on any atom is 0.307 e. The van der Waals surface area contributed by atoms with Crippen LogP contribution in [0.15, 0.2) is 73.0 Å². The van der Waals surface area contributed by atoms with Crippen molar-refractivity contribution in [3.05, 3.63) is 80.6 Å². The summed E-state index contributed by atoms with van der Waals surface area (Å²) < 4.78 is 12.1. The van der Waals surface area contributed by atoms with Crippen LogP contribution in [0.3, 0.4) is 0 Å². The summed E-state index contributed by atoms with van der Waals surface area (Å²) in [6.45, 7) is 0. The molecule has 8 heteroatoms. The summed E-state index contributed by atoms with van der Waals surface area (Å²) in [5.74, 6) is 0.687. The zero-order valence-electron chi connectivity index (χ0n) is 14.1. The van der Waals surface area contributed by atoms with Crippen molar-refractivity contribution in [2.24, 2.45) is 5.10 Å². The molecule has 5 nitrogen and oxygen atoms in total. The second-order valence-corrected chi connectivity index (χ2v) is 7.50. The Morgan fingerprint density at radius 2 is 1.93 bits per heavy atom. The van der Waals surface area contributed by atoms with E-state index >= 15 is 0 Å². The monoisotopic (exact) mass is 476 g/mol. The van der Waals surface area contributed by atoms with E-state index in [9.17, 15) is 4.79 Å². The summed E-state index contributed by atoms with van der Waals surface area (Å²) >= 11 is 15.6. The molecule has 0 unspecified atom stereocenters. The highest BCUT2D eigenvalue weighted by atomic mass is 79.9. The van der Waals surface area contributed by atoms with E-state index < -0.39 is 5.91 Å². The molecule has 2 heterocycles. The predicted octanol–water partition coefficient (Wildman–Crippen LogP) is 6.53. The van der Waals surface area contributed by atoms with Crippen molar-refractivity contribution in [2.45, 2.75) is 0 Å². The van der Waals surface area contributed by atoms with E-state index in [1.807, 2.05) is 12.1 Å². The molecule has 4 aromatic rings. The minimum absolute atomic E-state index is 0.163. The molecule has 0 fully saturated rings. The Morgan fingerprint density at radius 1 is 1.07 bits per heavy atom. The number of hydrogen-bond donors (Lipinski definition) is 1. The van der Waals surface area contributed by atoms with Gasteiger partial charge in [-0.1, -0.05) is 45.2 Å². The number of hydrazone groups is 1. The predicted molar refractivity (Wildman–Crippen MR) is 113 cm³/mol. The SMILES string of the molecule is O=C(N/N=C\c1ccc(-c2cccc(Cl)c2Cl)o1)c1cc2cc(Br)ccc2o1. The highest BCUT2D eigenvalue weighted by Gasteiger charge is 2.12. The summed E-state index contributed by atoms with van der Waals surface area (Å²) in [5.41, 5.74) is 3.70. The van der Waals surface area contributed by atoms with Crippen LogP contribution in [0, 0.1) is 0 Å². The van der Waals surface area contributed by atoms with Crippen LogP contribution >= 0.6 is 39.1 Å². The second-order valence-electron chi connectivity index (χ2n) is 5.80. The Balaban J connectivity index is 1.46. The largest absolute Gasteiger partial charge is 0.455 e. The van der Waals surface area contributed by atoms with Gasteiger partial charge in [-0.15, -0.1) is 0 Å². The van der Waals surface area contributed by atoms with Crippen molar-refractivity contribution in [1.82, 2.24) is 5.43 Å². The molecule has 0 saturated carbocycles. The van der Waals surface area contributed by atoms with E-state index in [0.29, 0.717) is 32.7 Å². The fraction of sp³-hybridized carbons (Fsp3) is 0. The van der Waals surface area contributed by atoms with Crippen LogP contribution in [0.25, 0.3) is 22.3 Å². The lowest BCUT2D eigenvalue weighted by molar-refractivity contribution is 0.0929. The van der Waals surface area contributed by atoms with Gasteiger partial charge in [-0.05, 0) is 48.5 Å². The smallest absolute Gasteiger partial charge is 0.307 e. The molecule has 0 aliphatic rings. The first-order valence-corrected chi connectivity index (χ1v) is 9.63. The van der Waals surface area contributed by atoms with Gasteiger partial charge in [0.15, 0.2) is 5.76 Å². The fourth-order valence-electron chi connectivity index (χ4n) is 2.60. The van der Waals surface area contributed by atoms with Gasteiger partial charge in [0.05, 0.1) is 16.3 Å². The molecular formula is C20H11BrCl2N2O3. The third kappa shape index (κ3) is 3.85.